The Bertz CT molecular complexity index is 1230. The van der Waals surface area contributed by atoms with Crippen LogP contribution in [0.15, 0.2) is 42.6 Å². The maximum Gasteiger partial charge on any atom is 0.387 e. The molecule has 0 spiro atoms. The van der Waals surface area contributed by atoms with Crippen LogP contribution in [0.4, 0.5) is 13.2 Å². The first kappa shape index (κ1) is 23.3. The summed E-state index contributed by atoms with van der Waals surface area (Å²) in [7, 11) is 0. The van der Waals surface area contributed by atoms with Crippen LogP contribution in [0.25, 0.3) is 17.1 Å². The zero-order valence-electron chi connectivity index (χ0n) is 19.1. The van der Waals surface area contributed by atoms with Crippen molar-refractivity contribution in [3.63, 3.8) is 0 Å². The Hall–Kier alpha value is -3.47. The number of nitrogens with zero attached hydrogens (tertiary/aromatic N) is 4. The molecule has 3 heterocycles. The molecule has 1 fully saturated rings. The van der Waals surface area contributed by atoms with E-state index < -0.39 is 18.0 Å². The first-order valence-corrected chi connectivity index (χ1v) is 11.4. The van der Waals surface area contributed by atoms with Gasteiger partial charge in [0.2, 0.25) is 6.04 Å². The fourth-order valence-electron chi connectivity index (χ4n) is 4.64. The second kappa shape index (κ2) is 9.29. The number of benzene rings is 1. The number of hydrazine groups is 1. The second-order valence-electron chi connectivity index (χ2n) is 9.12. The predicted molar refractivity (Wildman–Crippen MR) is 120 cm³/mol. The Morgan fingerprint density at radius 2 is 2.17 bits per heavy atom. The fraction of sp³-hybridized carbons (Fsp3) is 0.417. The minimum Gasteiger partial charge on any atom is -0.435 e. The number of nitroso groups, excluding NO2 is 1. The summed E-state index contributed by atoms with van der Waals surface area (Å²) >= 11 is 0. The van der Waals surface area contributed by atoms with Crippen molar-refractivity contribution in [2.75, 3.05) is 13.2 Å². The van der Waals surface area contributed by atoms with Crippen molar-refractivity contribution in [2.45, 2.75) is 50.8 Å². The highest BCUT2D eigenvalue weighted by molar-refractivity contribution is 5.67. The van der Waals surface area contributed by atoms with Crippen molar-refractivity contribution in [1.82, 2.24) is 20.2 Å². The number of pyridine rings is 1. The fourth-order valence-corrected chi connectivity index (χ4v) is 4.64. The number of hydrogen-bond acceptors (Lipinski definition) is 5. The number of ether oxygens (including phenoxy) is 2. The zero-order valence-corrected chi connectivity index (χ0v) is 19.1. The lowest BCUT2D eigenvalue weighted by molar-refractivity contribution is -0.652. The molecule has 184 valence electrons. The van der Waals surface area contributed by atoms with Gasteiger partial charge < -0.3 is 9.47 Å². The molecule has 1 aromatic carbocycles. The van der Waals surface area contributed by atoms with E-state index in [0.29, 0.717) is 49.6 Å². The van der Waals surface area contributed by atoms with E-state index in [4.69, 9.17) is 9.84 Å². The van der Waals surface area contributed by atoms with E-state index in [9.17, 15) is 18.1 Å². The SMILES string of the molecule is CC1(N[N+](=O)[C@@H]2CCc3c(-c4cccc(OC(F)F)c4)nn(-c4ccc(F)cn4)c3C2)CCOC1. The largest absolute Gasteiger partial charge is 0.435 e. The number of hydrogen-bond donors (Lipinski definition) is 1. The Morgan fingerprint density at radius 3 is 2.89 bits per heavy atom. The number of aromatic nitrogens is 3. The predicted octanol–water partition coefficient (Wildman–Crippen LogP) is 3.99. The molecule has 1 saturated heterocycles. The van der Waals surface area contributed by atoms with Gasteiger partial charge in [-0.15, -0.1) is 5.43 Å². The normalized spacial score (nSPS) is 21.7. The van der Waals surface area contributed by atoms with Gasteiger partial charge in [0.1, 0.15) is 22.0 Å². The summed E-state index contributed by atoms with van der Waals surface area (Å²) in [5.41, 5.74) is 5.49. The molecular weight excluding hydrogens is 463 g/mol. The summed E-state index contributed by atoms with van der Waals surface area (Å²) in [6, 6.07) is 8.77. The topological polar surface area (TPSA) is 81.3 Å². The van der Waals surface area contributed by atoms with Gasteiger partial charge in [0.15, 0.2) is 5.82 Å². The zero-order chi connectivity index (χ0) is 24.6. The van der Waals surface area contributed by atoms with E-state index in [-0.39, 0.29) is 11.8 Å². The molecule has 2 aliphatic rings. The Balaban J connectivity index is 1.50. The maximum absolute atomic E-state index is 13.5. The molecule has 35 heavy (non-hydrogen) atoms. The van der Waals surface area contributed by atoms with Crippen LogP contribution >= 0.6 is 0 Å². The van der Waals surface area contributed by atoms with E-state index in [0.717, 1.165) is 28.7 Å². The van der Waals surface area contributed by atoms with E-state index in [1.807, 2.05) is 6.92 Å². The van der Waals surface area contributed by atoms with Gasteiger partial charge in [-0.1, -0.05) is 12.1 Å². The average molecular weight is 488 g/mol. The molecule has 1 aliphatic heterocycles. The van der Waals surface area contributed by atoms with Crippen molar-refractivity contribution in [3.05, 3.63) is 64.6 Å². The summed E-state index contributed by atoms with van der Waals surface area (Å²) in [6.45, 7) is 0.0803. The molecule has 2 aromatic heterocycles. The summed E-state index contributed by atoms with van der Waals surface area (Å²) < 4.78 is 50.6. The number of alkyl halides is 2. The quantitative estimate of drug-likeness (QED) is 0.400. The molecule has 0 radical (unpaired) electrons. The van der Waals surface area contributed by atoms with Crippen LogP contribution in [0, 0.1) is 10.7 Å². The monoisotopic (exact) mass is 488 g/mol. The third kappa shape index (κ3) is 4.86. The molecular formula is C24H25F3N5O3+. The minimum absolute atomic E-state index is 0.0244. The van der Waals surface area contributed by atoms with Gasteiger partial charge in [-0.2, -0.15) is 13.9 Å². The molecule has 1 unspecified atom stereocenters. The molecule has 2 atom stereocenters. The van der Waals surface area contributed by atoms with Crippen molar-refractivity contribution >= 4 is 0 Å². The van der Waals surface area contributed by atoms with Crippen LogP contribution in [0.1, 0.15) is 31.0 Å². The van der Waals surface area contributed by atoms with E-state index in [1.54, 1.807) is 16.8 Å². The van der Waals surface area contributed by atoms with E-state index >= 15 is 0 Å². The molecule has 0 saturated carbocycles. The van der Waals surface area contributed by atoms with Crippen LogP contribution in [0.2, 0.25) is 0 Å². The van der Waals surface area contributed by atoms with Crippen LogP contribution in [0.5, 0.6) is 5.75 Å². The van der Waals surface area contributed by atoms with Gasteiger partial charge in [-0.3, -0.25) is 0 Å². The second-order valence-corrected chi connectivity index (χ2v) is 9.12. The molecule has 8 nitrogen and oxygen atoms in total. The van der Waals surface area contributed by atoms with Crippen LogP contribution in [-0.4, -0.2) is 51.0 Å². The highest BCUT2D eigenvalue weighted by atomic mass is 19.3. The van der Waals surface area contributed by atoms with Gasteiger partial charge in [0, 0.05) is 30.6 Å². The number of rotatable bonds is 7. The van der Waals surface area contributed by atoms with E-state index in [2.05, 4.69) is 15.1 Å². The van der Waals surface area contributed by atoms with Crippen LogP contribution < -0.4 is 10.2 Å². The Morgan fingerprint density at radius 1 is 1.31 bits per heavy atom. The number of nitrogens with one attached hydrogen (secondary N) is 1. The molecule has 5 rings (SSSR count). The van der Waals surface area contributed by atoms with Gasteiger partial charge in [-0.05, 0) is 37.6 Å². The highest BCUT2D eigenvalue weighted by Crippen LogP contribution is 2.35. The standard InChI is InChI=1S/C24H25F3N5O3/c1-24(9-10-34-14-24)30-32(33)17-6-7-19-20(12-17)31(21-8-5-16(25)13-28-21)29-22(19)15-3-2-4-18(11-15)35-23(26)27/h2-5,8,11,13,17,23H,6-7,9-10,12,14H2,1H3,(H,30,33)/q+1/t17-,24?/m1/s1. The van der Waals surface area contributed by atoms with Crippen LogP contribution in [0.3, 0.4) is 0 Å². The summed E-state index contributed by atoms with van der Waals surface area (Å²) in [5, 5.41) is 4.72. The Labute approximate surface area is 199 Å². The average Bonchev–Trinajstić information content (AvgIpc) is 3.43. The van der Waals surface area contributed by atoms with Crippen molar-refractivity contribution < 1.29 is 27.5 Å². The smallest absolute Gasteiger partial charge is 0.387 e. The highest BCUT2D eigenvalue weighted by Gasteiger charge is 2.41. The lowest BCUT2D eigenvalue weighted by atomic mass is 9.90. The maximum atomic E-state index is 13.5. The van der Waals surface area contributed by atoms with E-state index in [1.165, 1.54) is 24.3 Å². The molecule has 3 aromatic rings. The first-order valence-electron chi connectivity index (χ1n) is 11.4. The summed E-state index contributed by atoms with van der Waals surface area (Å²) in [6.07, 6.45) is 3.33. The van der Waals surface area contributed by atoms with Gasteiger partial charge >= 0.3 is 6.61 Å². The van der Waals surface area contributed by atoms with Gasteiger partial charge in [0.25, 0.3) is 0 Å². The number of fused-ring (bicyclic) bond motifs is 1. The van der Waals surface area contributed by atoms with Gasteiger partial charge in [-0.25, -0.2) is 14.1 Å². The number of halogens is 3. The molecule has 0 bridgehead atoms. The lowest BCUT2D eigenvalue weighted by Gasteiger charge is -2.22. The lowest BCUT2D eigenvalue weighted by Crippen LogP contribution is -2.52. The molecule has 1 N–H and O–H groups in total. The first-order chi connectivity index (χ1) is 16.8. The van der Waals surface area contributed by atoms with Crippen molar-refractivity contribution in [3.8, 4) is 22.8 Å². The van der Waals surface area contributed by atoms with Crippen LogP contribution in [-0.2, 0) is 17.6 Å². The van der Waals surface area contributed by atoms with Gasteiger partial charge in [0.05, 0.1) is 35.5 Å². The third-order valence-corrected chi connectivity index (χ3v) is 6.44. The molecule has 1 aliphatic carbocycles. The van der Waals surface area contributed by atoms with Crippen molar-refractivity contribution in [2.24, 2.45) is 0 Å². The minimum atomic E-state index is -2.94. The Kier molecular flexibility index (Phi) is 6.18. The molecule has 11 heteroatoms. The summed E-state index contributed by atoms with van der Waals surface area (Å²) in [4.78, 5) is 18.1. The third-order valence-electron chi connectivity index (χ3n) is 6.44. The summed E-state index contributed by atoms with van der Waals surface area (Å²) in [5.74, 6) is -0.0564. The molecule has 0 amide bonds. The van der Waals surface area contributed by atoms with Crippen molar-refractivity contribution in [1.29, 1.82) is 0 Å².